The second-order valence-electron chi connectivity index (χ2n) is 4.41. The second-order valence-corrected chi connectivity index (χ2v) is 5.19. The normalized spacial score (nSPS) is 19.5. The Hall–Kier alpha value is -0.380. The van der Waals surface area contributed by atoms with Gasteiger partial charge in [0.1, 0.15) is 0 Å². The van der Waals surface area contributed by atoms with Crippen molar-refractivity contribution in [2.75, 3.05) is 26.7 Å². The Morgan fingerprint density at radius 2 is 2.27 bits per heavy atom. The fourth-order valence-electron chi connectivity index (χ4n) is 2.28. The largest absolute Gasteiger partial charge is 0.319 e. The van der Waals surface area contributed by atoms with Crippen LogP contribution in [0.3, 0.4) is 0 Å². The molecule has 1 aliphatic heterocycles. The Morgan fingerprint density at radius 3 is 2.87 bits per heavy atom. The number of rotatable bonds is 4. The van der Waals surface area contributed by atoms with Crippen molar-refractivity contribution in [1.29, 1.82) is 0 Å². The van der Waals surface area contributed by atoms with Crippen LogP contribution in [-0.4, -0.2) is 31.6 Å². The number of thiophene rings is 1. The molecule has 1 aliphatic rings. The Bertz CT molecular complexity index is 263. The van der Waals surface area contributed by atoms with Crippen molar-refractivity contribution in [3.63, 3.8) is 0 Å². The van der Waals surface area contributed by atoms with Crippen molar-refractivity contribution in [2.24, 2.45) is 5.92 Å². The Labute approximate surface area is 96.3 Å². The zero-order valence-corrected chi connectivity index (χ0v) is 10.2. The van der Waals surface area contributed by atoms with Gasteiger partial charge in [-0.05, 0) is 67.8 Å². The van der Waals surface area contributed by atoms with E-state index < -0.39 is 0 Å². The van der Waals surface area contributed by atoms with E-state index >= 15 is 0 Å². The molecule has 84 valence electrons. The van der Waals surface area contributed by atoms with Crippen LogP contribution in [0.5, 0.6) is 0 Å². The second kappa shape index (κ2) is 5.64. The quantitative estimate of drug-likeness (QED) is 0.843. The van der Waals surface area contributed by atoms with E-state index in [0.29, 0.717) is 0 Å². The first kappa shape index (κ1) is 11.1. The molecule has 0 atom stereocenters. The van der Waals surface area contributed by atoms with Crippen LogP contribution in [0.2, 0.25) is 0 Å². The number of likely N-dealkylation sites (tertiary alicyclic amines) is 1. The van der Waals surface area contributed by atoms with Crippen LogP contribution in [0.25, 0.3) is 0 Å². The highest BCUT2D eigenvalue weighted by molar-refractivity contribution is 7.07. The maximum absolute atomic E-state index is 3.28. The van der Waals surface area contributed by atoms with Crippen LogP contribution in [0.4, 0.5) is 0 Å². The lowest BCUT2D eigenvalue weighted by Crippen LogP contribution is -2.36. The van der Waals surface area contributed by atoms with Crippen LogP contribution >= 0.6 is 11.3 Å². The molecular weight excluding hydrogens is 204 g/mol. The summed E-state index contributed by atoms with van der Waals surface area (Å²) in [5, 5.41) is 7.71. The molecule has 0 amide bonds. The molecule has 0 bridgehead atoms. The van der Waals surface area contributed by atoms with Crippen LogP contribution in [-0.2, 0) is 6.54 Å². The van der Waals surface area contributed by atoms with Crippen molar-refractivity contribution in [3.05, 3.63) is 22.4 Å². The van der Waals surface area contributed by atoms with Gasteiger partial charge in [0.15, 0.2) is 0 Å². The Morgan fingerprint density at radius 1 is 1.47 bits per heavy atom. The minimum absolute atomic E-state index is 0.897. The third kappa shape index (κ3) is 3.30. The van der Waals surface area contributed by atoms with Crippen molar-refractivity contribution >= 4 is 11.3 Å². The molecule has 3 heteroatoms. The standard InChI is InChI=1S/C12H20N2S/c1-13-8-11-2-5-14(6-3-11)9-12-4-7-15-10-12/h4,7,10-11,13H,2-3,5-6,8-9H2,1H3. The molecule has 0 aliphatic carbocycles. The van der Waals surface area contributed by atoms with E-state index in [4.69, 9.17) is 0 Å². The van der Waals surface area contributed by atoms with Crippen LogP contribution < -0.4 is 5.32 Å². The number of nitrogens with one attached hydrogen (secondary N) is 1. The molecule has 0 aromatic carbocycles. The zero-order valence-electron chi connectivity index (χ0n) is 9.41. The lowest BCUT2D eigenvalue weighted by Gasteiger charge is -2.31. The van der Waals surface area contributed by atoms with Crippen LogP contribution in [0.15, 0.2) is 16.8 Å². The molecule has 2 heterocycles. The van der Waals surface area contributed by atoms with E-state index in [2.05, 4.69) is 34.1 Å². The van der Waals surface area contributed by atoms with Gasteiger partial charge in [0.25, 0.3) is 0 Å². The molecule has 15 heavy (non-hydrogen) atoms. The zero-order chi connectivity index (χ0) is 10.5. The summed E-state index contributed by atoms with van der Waals surface area (Å²) >= 11 is 1.80. The van der Waals surface area contributed by atoms with Gasteiger partial charge in [-0.3, -0.25) is 4.90 Å². The summed E-state index contributed by atoms with van der Waals surface area (Å²) in [6.07, 6.45) is 2.70. The van der Waals surface area contributed by atoms with E-state index in [0.717, 1.165) is 12.5 Å². The van der Waals surface area contributed by atoms with E-state index in [1.54, 1.807) is 11.3 Å². The fourth-order valence-corrected chi connectivity index (χ4v) is 2.94. The molecule has 0 radical (unpaired) electrons. The van der Waals surface area contributed by atoms with Crippen molar-refractivity contribution in [3.8, 4) is 0 Å². The molecule has 0 spiro atoms. The van der Waals surface area contributed by atoms with E-state index in [-0.39, 0.29) is 0 Å². The lowest BCUT2D eigenvalue weighted by atomic mass is 9.97. The number of hydrogen-bond acceptors (Lipinski definition) is 3. The molecule has 0 saturated carbocycles. The van der Waals surface area contributed by atoms with Crippen molar-refractivity contribution in [1.82, 2.24) is 10.2 Å². The van der Waals surface area contributed by atoms with E-state index in [1.165, 1.54) is 38.0 Å². The first-order valence-electron chi connectivity index (χ1n) is 5.76. The summed E-state index contributed by atoms with van der Waals surface area (Å²) in [5.74, 6) is 0.897. The Kier molecular flexibility index (Phi) is 4.18. The van der Waals surface area contributed by atoms with Gasteiger partial charge in [-0.2, -0.15) is 11.3 Å². The number of hydrogen-bond donors (Lipinski definition) is 1. The average Bonchev–Trinajstić information content (AvgIpc) is 2.74. The molecule has 1 N–H and O–H groups in total. The first-order valence-corrected chi connectivity index (χ1v) is 6.71. The van der Waals surface area contributed by atoms with Gasteiger partial charge in [0, 0.05) is 6.54 Å². The molecular formula is C12H20N2S. The van der Waals surface area contributed by atoms with E-state index in [9.17, 15) is 0 Å². The highest BCUT2D eigenvalue weighted by Gasteiger charge is 2.18. The minimum atomic E-state index is 0.897. The lowest BCUT2D eigenvalue weighted by molar-refractivity contribution is 0.177. The van der Waals surface area contributed by atoms with E-state index in [1.807, 2.05) is 0 Å². The number of nitrogens with zero attached hydrogens (tertiary/aromatic N) is 1. The molecule has 1 aromatic rings. The van der Waals surface area contributed by atoms with Crippen LogP contribution in [0.1, 0.15) is 18.4 Å². The maximum atomic E-state index is 3.28. The first-order chi connectivity index (χ1) is 7.38. The minimum Gasteiger partial charge on any atom is -0.319 e. The van der Waals surface area contributed by atoms with Gasteiger partial charge >= 0.3 is 0 Å². The monoisotopic (exact) mass is 224 g/mol. The van der Waals surface area contributed by atoms with Gasteiger partial charge < -0.3 is 5.32 Å². The molecule has 2 rings (SSSR count). The summed E-state index contributed by atoms with van der Waals surface area (Å²) in [5.41, 5.74) is 1.48. The SMILES string of the molecule is CNCC1CCN(Cc2ccsc2)CC1. The summed E-state index contributed by atoms with van der Waals surface area (Å²) in [6.45, 7) is 4.87. The van der Waals surface area contributed by atoms with Crippen molar-refractivity contribution in [2.45, 2.75) is 19.4 Å². The smallest absolute Gasteiger partial charge is 0.0241 e. The van der Waals surface area contributed by atoms with Gasteiger partial charge in [0.05, 0.1) is 0 Å². The predicted molar refractivity (Wildman–Crippen MR) is 66.2 cm³/mol. The highest BCUT2D eigenvalue weighted by atomic mass is 32.1. The van der Waals surface area contributed by atoms with Gasteiger partial charge in [-0.25, -0.2) is 0 Å². The molecule has 2 nitrogen and oxygen atoms in total. The molecule has 0 unspecified atom stereocenters. The number of piperidine rings is 1. The van der Waals surface area contributed by atoms with Crippen molar-refractivity contribution < 1.29 is 0 Å². The Balaban J connectivity index is 1.74. The maximum Gasteiger partial charge on any atom is 0.0241 e. The summed E-state index contributed by atoms with van der Waals surface area (Å²) < 4.78 is 0. The summed E-state index contributed by atoms with van der Waals surface area (Å²) in [4.78, 5) is 2.58. The van der Waals surface area contributed by atoms with Gasteiger partial charge in [-0.1, -0.05) is 0 Å². The van der Waals surface area contributed by atoms with Crippen LogP contribution in [0, 0.1) is 5.92 Å². The summed E-state index contributed by atoms with van der Waals surface area (Å²) in [6, 6.07) is 2.24. The topological polar surface area (TPSA) is 15.3 Å². The summed E-state index contributed by atoms with van der Waals surface area (Å²) in [7, 11) is 2.05. The molecule has 1 fully saturated rings. The molecule has 1 saturated heterocycles. The average molecular weight is 224 g/mol. The molecule has 1 aromatic heterocycles. The third-order valence-electron chi connectivity index (χ3n) is 3.19. The highest BCUT2D eigenvalue weighted by Crippen LogP contribution is 2.19. The van der Waals surface area contributed by atoms with Gasteiger partial charge in [-0.15, -0.1) is 0 Å². The third-order valence-corrected chi connectivity index (χ3v) is 3.92. The van der Waals surface area contributed by atoms with Gasteiger partial charge in [0.2, 0.25) is 0 Å². The fraction of sp³-hybridized carbons (Fsp3) is 0.667. The predicted octanol–water partition coefficient (Wildman–Crippen LogP) is 2.18.